The fraction of sp³-hybridized carbons (Fsp3) is 0.318. The summed E-state index contributed by atoms with van der Waals surface area (Å²) in [7, 11) is 0. The molecule has 1 saturated heterocycles. The number of nitrogens with one attached hydrogen (secondary N) is 1. The van der Waals surface area contributed by atoms with Crippen LogP contribution in [0, 0.1) is 5.82 Å². The molecule has 1 N–H and O–H groups in total. The van der Waals surface area contributed by atoms with E-state index in [-0.39, 0.29) is 24.2 Å². The number of aromatic nitrogens is 2. The number of nitrogens with zero attached hydrogens (tertiary/aromatic N) is 3. The van der Waals surface area contributed by atoms with Gasteiger partial charge < -0.3 is 10.2 Å². The quantitative estimate of drug-likeness (QED) is 0.585. The fourth-order valence-electron chi connectivity index (χ4n) is 3.79. The molecule has 1 aromatic heterocycles. The van der Waals surface area contributed by atoms with E-state index in [0.29, 0.717) is 42.9 Å². The molecule has 2 heterocycles. The maximum Gasteiger partial charge on any atom is 0.242 e. The lowest BCUT2D eigenvalue weighted by atomic mass is 10.1. The Labute approximate surface area is 178 Å². The summed E-state index contributed by atoms with van der Waals surface area (Å²) in [5.74, 6) is -0.702. The summed E-state index contributed by atoms with van der Waals surface area (Å²) in [4.78, 5) is 26.4. The van der Waals surface area contributed by atoms with Gasteiger partial charge in [-0.15, -0.1) is 0 Å². The van der Waals surface area contributed by atoms with Crippen molar-refractivity contribution < 1.29 is 14.0 Å². The normalized spacial score (nSPS) is 16.4. The number of carbonyl (C=O) groups is 2. The lowest BCUT2D eigenvalue weighted by molar-refractivity contribution is -0.135. The standard InChI is InChI=1S/C22H22ClFN4O2/c23-17-7-6-15-13-26-28(20(15)12-17)11-3-10-25-22(30)19-8-9-21(29)27(19)14-16-4-1-2-5-18(16)24/h1-2,4-7,12-13,19H,3,8-11,14H2,(H,25,30). The van der Waals surface area contributed by atoms with Gasteiger partial charge in [0.25, 0.3) is 0 Å². The first kappa shape index (κ1) is 20.3. The molecular weight excluding hydrogens is 407 g/mol. The van der Waals surface area contributed by atoms with E-state index < -0.39 is 6.04 Å². The van der Waals surface area contributed by atoms with Crippen LogP contribution in [0.15, 0.2) is 48.7 Å². The van der Waals surface area contributed by atoms with Crippen molar-refractivity contribution in [3.8, 4) is 0 Å². The van der Waals surface area contributed by atoms with Gasteiger partial charge in [0.1, 0.15) is 11.9 Å². The van der Waals surface area contributed by atoms with E-state index in [9.17, 15) is 14.0 Å². The number of hydrogen-bond acceptors (Lipinski definition) is 3. The number of fused-ring (bicyclic) bond motifs is 1. The zero-order valence-electron chi connectivity index (χ0n) is 16.4. The van der Waals surface area contributed by atoms with Crippen molar-refractivity contribution in [3.05, 3.63) is 65.1 Å². The first-order chi connectivity index (χ1) is 14.5. The molecule has 8 heteroatoms. The number of carbonyl (C=O) groups excluding carboxylic acids is 2. The Hall–Kier alpha value is -2.93. The molecule has 4 rings (SSSR count). The van der Waals surface area contributed by atoms with Crippen LogP contribution in [0.25, 0.3) is 10.9 Å². The summed E-state index contributed by atoms with van der Waals surface area (Å²) < 4.78 is 15.8. The van der Waals surface area contributed by atoms with Gasteiger partial charge in [-0.2, -0.15) is 5.10 Å². The summed E-state index contributed by atoms with van der Waals surface area (Å²) in [5, 5.41) is 8.93. The summed E-state index contributed by atoms with van der Waals surface area (Å²) in [6.45, 7) is 1.19. The van der Waals surface area contributed by atoms with Gasteiger partial charge in [0.2, 0.25) is 11.8 Å². The minimum atomic E-state index is -0.568. The van der Waals surface area contributed by atoms with Gasteiger partial charge in [0.05, 0.1) is 11.7 Å². The average molecular weight is 429 g/mol. The van der Waals surface area contributed by atoms with Crippen LogP contribution in [0.3, 0.4) is 0 Å². The van der Waals surface area contributed by atoms with E-state index in [0.717, 1.165) is 10.9 Å². The van der Waals surface area contributed by atoms with Gasteiger partial charge in [-0.05, 0) is 37.1 Å². The maximum atomic E-state index is 14.0. The van der Waals surface area contributed by atoms with E-state index in [2.05, 4.69) is 10.4 Å². The minimum absolute atomic E-state index is 0.101. The van der Waals surface area contributed by atoms with Crippen molar-refractivity contribution in [1.29, 1.82) is 0 Å². The van der Waals surface area contributed by atoms with Crippen LogP contribution in [0.5, 0.6) is 0 Å². The van der Waals surface area contributed by atoms with Crippen LogP contribution >= 0.6 is 11.6 Å². The molecule has 2 aromatic carbocycles. The molecule has 0 aliphatic carbocycles. The SMILES string of the molecule is O=C(NCCCn1ncc2ccc(Cl)cc21)C1CCC(=O)N1Cc1ccccc1F. The Bertz CT molecular complexity index is 1080. The summed E-state index contributed by atoms with van der Waals surface area (Å²) >= 11 is 6.06. The number of likely N-dealkylation sites (tertiary alicyclic amines) is 1. The molecule has 2 amide bonds. The Morgan fingerprint density at radius 2 is 2.10 bits per heavy atom. The highest BCUT2D eigenvalue weighted by molar-refractivity contribution is 6.31. The molecule has 156 valence electrons. The smallest absolute Gasteiger partial charge is 0.242 e. The van der Waals surface area contributed by atoms with Crippen molar-refractivity contribution >= 4 is 34.3 Å². The number of rotatable bonds is 7. The van der Waals surface area contributed by atoms with Crippen LogP contribution in [-0.4, -0.2) is 39.1 Å². The molecule has 1 unspecified atom stereocenters. The van der Waals surface area contributed by atoms with Crippen LogP contribution < -0.4 is 5.32 Å². The molecule has 6 nitrogen and oxygen atoms in total. The number of hydrogen-bond donors (Lipinski definition) is 1. The Balaban J connectivity index is 1.32. The molecule has 3 aromatic rings. The highest BCUT2D eigenvalue weighted by atomic mass is 35.5. The molecule has 0 bridgehead atoms. The Morgan fingerprint density at radius 1 is 1.27 bits per heavy atom. The predicted octanol–water partition coefficient (Wildman–Crippen LogP) is 3.53. The number of halogens is 2. The van der Waals surface area contributed by atoms with Crippen LogP contribution in [-0.2, 0) is 22.7 Å². The third-order valence-corrected chi connectivity index (χ3v) is 5.62. The number of aryl methyl sites for hydroxylation is 1. The van der Waals surface area contributed by atoms with Crippen molar-refractivity contribution in [3.63, 3.8) is 0 Å². The van der Waals surface area contributed by atoms with Crippen molar-refractivity contribution in [1.82, 2.24) is 20.0 Å². The van der Waals surface area contributed by atoms with E-state index in [1.165, 1.54) is 11.0 Å². The molecule has 1 aliphatic rings. The third-order valence-electron chi connectivity index (χ3n) is 5.38. The van der Waals surface area contributed by atoms with Crippen LogP contribution in [0.2, 0.25) is 5.02 Å². The zero-order valence-corrected chi connectivity index (χ0v) is 17.1. The van der Waals surface area contributed by atoms with Gasteiger partial charge in [-0.1, -0.05) is 29.8 Å². The van der Waals surface area contributed by atoms with E-state index in [1.807, 2.05) is 22.9 Å². The fourth-order valence-corrected chi connectivity index (χ4v) is 3.96. The van der Waals surface area contributed by atoms with Gasteiger partial charge in [-0.25, -0.2) is 4.39 Å². The third kappa shape index (κ3) is 4.31. The topological polar surface area (TPSA) is 67.2 Å². The second kappa shape index (κ2) is 8.83. The lowest BCUT2D eigenvalue weighted by Crippen LogP contribution is -2.44. The maximum absolute atomic E-state index is 14.0. The molecule has 1 atom stereocenters. The summed E-state index contributed by atoms with van der Waals surface area (Å²) in [5.41, 5.74) is 1.36. The molecular formula is C22H22ClFN4O2. The van der Waals surface area contributed by atoms with Crippen molar-refractivity contribution in [2.75, 3.05) is 6.54 Å². The van der Waals surface area contributed by atoms with Crippen molar-refractivity contribution in [2.24, 2.45) is 0 Å². The van der Waals surface area contributed by atoms with Gasteiger partial charge >= 0.3 is 0 Å². The first-order valence-corrected chi connectivity index (χ1v) is 10.3. The molecule has 0 saturated carbocycles. The molecule has 1 aliphatic heterocycles. The number of benzene rings is 2. The summed E-state index contributed by atoms with van der Waals surface area (Å²) in [6.07, 6.45) is 3.21. The second-order valence-corrected chi connectivity index (χ2v) is 7.82. The van der Waals surface area contributed by atoms with Gasteiger partial charge in [0, 0.05) is 42.0 Å². The number of amides is 2. The van der Waals surface area contributed by atoms with E-state index in [1.54, 1.807) is 24.4 Å². The van der Waals surface area contributed by atoms with Crippen LogP contribution in [0.1, 0.15) is 24.8 Å². The van der Waals surface area contributed by atoms with Crippen LogP contribution in [0.4, 0.5) is 4.39 Å². The predicted molar refractivity (Wildman–Crippen MR) is 112 cm³/mol. The highest BCUT2D eigenvalue weighted by Gasteiger charge is 2.36. The lowest BCUT2D eigenvalue weighted by Gasteiger charge is -2.24. The molecule has 30 heavy (non-hydrogen) atoms. The Kier molecular flexibility index (Phi) is 5.99. The molecule has 0 radical (unpaired) electrons. The average Bonchev–Trinajstić information content (AvgIpc) is 3.30. The van der Waals surface area contributed by atoms with E-state index in [4.69, 9.17) is 11.6 Å². The monoisotopic (exact) mass is 428 g/mol. The molecule has 1 fully saturated rings. The van der Waals surface area contributed by atoms with Crippen molar-refractivity contribution in [2.45, 2.75) is 38.4 Å². The second-order valence-electron chi connectivity index (χ2n) is 7.38. The van der Waals surface area contributed by atoms with Gasteiger partial charge in [0.15, 0.2) is 0 Å². The summed E-state index contributed by atoms with van der Waals surface area (Å²) in [6, 6.07) is 11.4. The Morgan fingerprint density at radius 3 is 2.93 bits per heavy atom. The van der Waals surface area contributed by atoms with Gasteiger partial charge in [-0.3, -0.25) is 14.3 Å². The first-order valence-electron chi connectivity index (χ1n) is 9.94. The molecule has 0 spiro atoms. The largest absolute Gasteiger partial charge is 0.354 e. The highest BCUT2D eigenvalue weighted by Crippen LogP contribution is 2.23. The minimum Gasteiger partial charge on any atom is -0.354 e. The van der Waals surface area contributed by atoms with E-state index >= 15 is 0 Å². The zero-order chi connectivity index (χ0) is 21.1.